The van der Waals surface area contributed by atoms with Gasteiger partial charge in [-0.3, -0.25) is 9.59 Å². The lowest BCUT2D eigenvalue weighted by atomic mass is 9.77. The number of hydrogen-bond acceptors (Lipinski definition) is 3. The fraction of sp³-hybridized carbons (Fsp3) is 0.714. The summed E-state index contributed by atoms with van der Waals surface area (Å²) in [5.41, 5.74) is -0.312. The van der Waals surface area contributed by atoms with Gasteiger partial charge in [-0.1, -0.05) is 19.2 Å². The number of ketones is 1. The molecule has 1 heterocycles. The number of aliphatic hydroxyl groups excluding tert-OH is 1. The maximum Gasteiger partial charge on any atom is 0.235 e. The van der Waals surface area contributed by atoms with Gasteiger partial charge in [0.2, 0.25) is 5.91 Å². The highest BCUT2D eigenvalue weighted by molar-refractivity contribution is 6.71. The molecule has 1 aliphatic rings. The SMILES string of the molecule is C=CCC1N(C(C)(C)C)C(=O)C1(C(=O)CO)[SiH](C)C. The van der Waals surface area contributed by atoms with Gasteiger partial charge in [0.1, 0.15) is 11.6 Å². The predicted octanol–water partition coefficient (Wildman–Crippen LogP) is 1.36. The molecule has 0 aromatic carbocycles. The first-order valence-electron chi connectivity index (χ1n) is 6.74. The Kier molecular flexibility index (Phi) is 4.42. The molecule has 2 atom stereocenters. The molecule has 0 bridgehead atoms. The lowest BCUT2D eigenvalue weighted by Gasteiger charge is -2.61. The molecule has 108 valence electrons. The summed E-state index contributed by atoms with van der Waals surface area (Å²) in [5, 5.41) is 8.31. The highest BCUT2D eigenvalue weighted by atomic mass is 28.3. The van der Waals surface area contributed by atoms with E-state index in [4.69, 9.17) is 0 Å². The minimum atomic E-state index is -1.60. The van der Waals surface area contributed by atoms with Crippen LogP contribution in [0, 0.1) is 0 Å². The summed E-state index contributed by atoms with van der Waals surface area (Å²) in [6.07, 6.45) is 2.35. The Morgan fingerprint density at radius 3 is 2.37 bits per heavy atom. The normalized spacial score (nSPS) is 27.4. The zero-order chi connectivity index (χ0) is 15.0. The van der Waals surface area contributed by atoms with Crippen molar-refractivity contribution in [3.05, 3.63) is 12.7 Å². The molecule has 1 saturated heterocycles. The standard InChI is InChI=1S/C14H25NO3Si/c1-7-8-10-14(19(5)6,11(17)9-16)12(18)15(10)13(2,3)4/h7,10,16,19H,1,8-9H2,2-6H3. The van der Waals surface area contributed by atoms with Crippen LogP contribution in [0.5, 0.6) is 0 Å². The van der Waals surface area contributed by atoms with Gasteiger partial charge in [-0.15, -0.1) is 6.58 Å². The molecule has 4 nitrogen and oxygen atoms in total. The lowest BCUT2D eigenvalue weighted by Crippen LogP contribution is -2.75. The Morgan fingerprint density at radius 1 is 1.53 bits per heavy atom. The largest absolute Gasteiger partial charge is 0.389 e. The summed E-state index contributed by atoms with van der Waals surface area (Å²) in [5.74, 6) is -0.418. The third kappa shape index (κ3) is 2.19. The van der Waals surface area contributed by atoms with E-state index in [1.165, 1.54) is 0 Å². The van der Waals surface area contributed by atoms with Crippen LogP contribution in [0.4, 0.5) is 0 Å². The molecular weight excluding hydrogens is 258 g/mol. The average molecular weight is 283 g/mol. The van der Waals surface area contributed by atoms with Gasteiger partial charge < -0.3 is 10.0 Å². The quantitative estimate of drug-likeness (QED) is 0.359. The lowest BCUT2D eigenvalue weighted by molar-refractivity contribution is -0.168. The Hall–Kier alpha value is -0.943. The topological polar surface area (TPSA) is 57.6 Å². The van der Waals surface area contributed by atoms with Gasteiger partial charge in [0.05, 0.1) is 14.8 Å². The predicted molar refractivity (Wildman–Crippen MR) is 78.9 cm³/mol. The second kappa shape index (κ2) is 5.21. The molecule has 0 aromatic rings. The van der Waals surface area contributed by atoms with Crippen molar-refractivity contribution in [3.8, 4) is 0 Å². The molecule has 0 aliphatic carbocycles. The smallest absolute Gasteiger partial charge is 0.235 e. The second-order valence-electron chi connectivity index (χ2n) is 6.49. The Labute approximate surface area is 117 Å². The molecule has 0 spiro atoms. The van der Waals surface area contributed by atoms with Crippen molar-refractivity contribution >= 4 is 20.5 Å². The number of carbonyl (C=O) groups excluding carboxylic acids is 2. The average Bonchev–Trinajstić information content (AvgIpc) is 2.26. The summed E-state index contributed by atoms with van der Waals surface area (Å²) in [6, 6.07) is -0.149. The molecule has 5 heteroatoms. The summed E-state index contributed by atoms with van der Waals surface area (Å²) in [4.78, 5) is 26.7. The minimum Gasteiger partial charge on any atom is -0.389 e. The number of nitrogens with zero attached hydrogens (tertiary/aromatic N) is 1. The van der Waals surface area contributed by atoms with E-state index in [0.717, 1.165) is 0 Å². The van der Waals surface area contributed by atoms with Gasteiger partial charge in [0, 0.05) is 5.54 Å². The number of β-lactam (4-membered cyclic amide) rings is 1. The molecule has 19 heavy (non-hydrogen) atoms. The number of amides is 1. The maximum atomic E-state index is 12.7. The van der Waals surface area contributed by atoms with Gasteiger partial charge in [-0.2, -0.15) is 0 Å². The van der Waals surface area contributed by atoms with Crippen molar-refractivity contribution in [2.45, 2.75) is 56.9 Å². The third-order valence-electron chi connectivity index (χ3n) is 4.04. The molecule has 1 N–H and O–H groups in total. The molecule has 1 fully saturated rings. The zero-order valence-electron chi connectivity index (χ0n) is 12.6. The summed E-state index contributed by atoms with van der Waals surface area (Å²) >= 11 is 0. The molecule has 1 rings (SSSR count). The van der Waals surface area contributed by atoms with Gasteiger partial charge in [0.15, 0.2) is 5.78 Å². The molecule has 0 aromatic heterocycles. The number of Topliss-reactive ketones (excluding diaryl/α,β-unsaturated/α-hetero) is 1. The Morgan fingerprint density at radius 2 is 2.05 bits per heavy atom. The highest BCUT2D eigenvalue weighted by Crippen LogP contribution is 2.53. The Bertz CT molecular complexity index is 400. The first-order chi connectivity index (χ1) is 8.65. The maximum absolute atomic E-state index is 12.7. The molecule has 0 radical (unpaired) electrons. The van der Waals surface area contributed by atoms with E-state index in [9.17, 15) is 14.7 Å². The van der Waals surface area contributed by atoms with E-state index in [-0.39, 0.29) is 23.3 Å². The summed E-state index contributed by atoms with van der Waals surface area (Å²) in [6.45, 7) is 13.1. The van der Waals surface area contributed by atoms with Crippen molar-refractivity contribution < 1.29 is 14.7 Å². The van der Waals surface area contributed by atoms with Crippen molar-refractivity contribution in [2.75, 3.05) is 6.61 Å². The van der Waals surface area contributed by atoms with Crippen LogP contribution in [-0.2, 0) is 9.59 Å². The number of carbonyl (C=O) groups is 2. The van der Waals surface area contributed by atoms with Crippen LogP contribution in [-0.4, -0.2) is 48.7 Å². The van der Waals surface area contributed by atoms with Crippen molar-refractivity contribution in [3.63, 3.8) is 0 Å². The van der Waals surface area contributed by atoms with Crippen LogP contribution in [0.2, 0.25) is 18.1 Å². The third-order valence-corrected chi connectivity index (χ3v) is 6.81. The second-order valence-corrected chi connectivity index (χ2v) is 9.71. The van der Waals surface area contributed by atoms with E-state index in [1.54, 1.807) is 11.0 Å². The summed E-state index contributed by atoms with van der Waals surface area (Å²) < 4.78 is 0. The number of likely N-dealkylation sites (tertiary alicyclic amines) is 1. The van der Waals surface area contributed by atoms with Crippen LogP contribution >= 0.6 is 0 Å². The van der Waals surface area contributed by atoms with Gasteiger partial charge in [-0.05, 0) is 27.2 Å². The highest BCUT2D eigenvalue weighted by Gasteiger charge is 2.67. The van der Waals surface area contributed by atoms with E-state index in [2.05, 4.69) is 6.58 Å². The Balaban J connectivity index is 3.29. The monoisotopic (exact) mass is 283 g/mol. The van der Waals surface area contributed by atoms with E-state index in [1.807, 2.05) is 33.9 Å². The van der Waals surface area contributed by atoms with Crippen LogP contribution in [0.25, 0.3) is 0 Å². The molecular formula is C14H25NO3Si. The minimum absolute atomic E-state index is 0.104. The number of rotatable bonds is 5. The fourth-order valence-electron chi connectivity index (χ4n) is 3.23. The number of hydrogen-bond donors (Lipinski definition) is 1. The summed E-state index contributed by atoms with van der Waals surface area (Å²) in [7, 11) is -1.60. The first-order valence-corrected chi connectivity index (χ1v) is 9.63. The van der Waals surface area contributed by atoms with Gasteiger partial charge in [0.25, 0.3) is 0 Å². The molecule has 2 unspecified atom stereocenters. The number of aliphatic hydroxyl groups is 1. The van der Waals surface area contributed by atoms with E-state index in [0.29, 0.717) is 6.42 Å². The first kappa shape index (κ1) is 16.1. The molecule has 1 amide bonds. The van der Waals surface area contributed by atoms with Crippen LogP contribution < -0.4 is 0 Å². The van der Waals surface area contributed by atoms with Crippen molar-refractivity contribution in [1.29, 1.82) is 0 Å². The van der Waals surface area contributed by atoms with Crippen molar-refractivity contribution in [2.24, 2.45) is 0 Å². The fourth-order valence-corrected chi connectivity index (χ4v) is 5.65. The molecule has 1 aliphatic heterocycles. The van der Waals surface area contributed by atoms with Crippen LogP contribution in [0.1, 0.15) is 27.2 Å². The van der Waals surface area contributed by atoms with Gasteiger partial charge >= 0.3 is 0 Å². The van der Waals surface area contributed by atoms with E-state index >= 15 is 0 Å². The van der Waals surface area contributed by atoms with Crippen LogP contribution in [0.3, 0.4) is 0 Å². The zero-order valence-corrected chi connectivity index (χ0v) is 13.7. The van der Waals surface area contributed by atoms with E-state index < -0.39 is 20.4 Å². The van der Waals surface area contributed by atoms with Crippen molar-refractivity contribution in [1.82, 2.24) is 4.90 Å². The van der Waals surface area contributed by atoms with Crippen LogP contribution in [0.15, 0.2) is 12.7 Å². The van der Waals surface area contributed by atoms with Gasteiger partial charge in [-0.25, -0.2) is 0 Å². The molecule has 0 saturated carbocycles.